The number of benzene rings is 1. The first-order chi connectivity index (χ1) is 14.8. The van der Waals surface area contributed by atoms with Crippen molar-refractivity contribution in [2.24, 2.45) is 0 Å². The van der Waals surface area contributed by atoms with E-state index in [4.69, 9.17) is 9.90 Å². The molecular weight excluding hydrogens is 449 g/mol. The van der Waals surface area contributed by atoms with Gasteiger partial charge < -0.3 is 5.11 Å². The van der Waals surface area contributed by atoms with Gasteiger partial charge in [-0.25, -0.2) is 14.1 Å². The highest BCUT2D eigenvalue weighted by atomic mass is 19.4. The minimum Gasteiger partial charge on any atom is -0.483 e. The predicted molar refractivity (Wildman–Crippen MR) is 98.9 cm³/mol. The lowest BCUT2D eigenvalue weighted by Crippen LogP contribution is -2.56. The third-order valence-electron chi connectivity index (χ3n) is 5.05. The van der Waals surface area contributed by atoms with Gasteiger partial charge in [0, 0.05) is 5.92 Å². The summed E-state index contributed by atoms with van der Waals surface area (Å²) in [5, 5.41) is 11.3. The maximum atomic E-state index is 13.3. The Balaban J connectivity index is 0.00000114. The van der Waals surface area contributed by atoms with E-state index in [1.807, 2.05) is 0 Å². The van der Waals surface area contributed by atoms with E-state index < -0.39 is 24.2 Å². The fourth-order valence-electron chi connectivity index (χ4n) is 3.68. The molecule has 0 unspecified atom stereocenters. The Morgan fingerprint density at radius 3 is 2.09 bits per heavy atom. The number of carbonyl (C=O) groups is 1. The molecule has 1 aromatic carbocycles. The van der Waals surface area contributed by atoms with Gasteiger partial charge in [-0.05, 0) is 63.5 Å². The highest BCUT2D eigenvalue weighted by Crippen LogP contribution is 2.39. The number of aryl methyl sites for hydroxylation is 2. The number of halogens is 7. The minimum atomic E-state index is -5.39. The van der Waals surface area contributed by atoms with Gasteiger partial charge in [0.15, 0.2) is 5.82 Å². The zero-order valence-corrected chi connectivity index (χ0v) is 17.1. The van der Waals surface area contributed by atoms with Crippen molar-refractivity contribution in [1.29, 1.82) is 0 Å². The maximum Gasteiger partial charge on any atom is 0.412 e. The lowest BCUT2D eigenvalue weighted by atomic mass is 9.95. The lowest BCUT2D eigenvalue weighted by Gasteiger charge is -2.38. The summed E-state index contributed by atoms with van der Waals surface area (Å²) < 4.78 is 92.3. The fourth-order valence-corrected chi connectivity index (χ4v) is 3.68. The second-order valence-electron chi connectivity index (χ2n) is 7.26. The number of nitrogens with zero attached hydrogens (tertiary/aromatic N) is 4. The van der Waals surface area contributed by atoms with E-state index in [0.717, 1.165) is 0 Å². The van der Waals surface area contributed by atoms with E-state index in [-0.39, 0.29) is 38.3 Å². The van der Waals surface area contributed by atoms with Gasteiger partial charge in [-0.3, -0.25) is 9.69 Å². The third-order valence-corrected chi connectivity index (χ3v) is 5.05. The molecule has 2 aromatic rings. The monoisotopic (exact) mass is 470 g/mol. The molecule has 0 spiro atoms. The third kappa shape index (κ3) is 5.96. The molecular formula is C19H21F7N4O2. The Morgan fingerprint density at radius 2 is 1.62 bits per heavy atom. The van der Waals surface area contributed by atoms with Gasteiger partial charge >= 0.3 is 12.4 Å². The summed E-state index contributed by atoms with van der Waals surface area (Å²) in [5.74, 6) is 0.108. The number of rotatable bonds is 3. The van der Waals surface area contributed by atoms with E-state index in [2.05, 4.69) is 10.1 Å². The molecule has 3 rings (SSSR count). The molecule has 1 aliphatic rings. The first-order valence-corrected chi connectivity index (χ1v) is 9.45. The summed E-state index contributed by atoms with van der Waals surface area (Å²) in [6.45, 7) is 2.40. The Kier molecular flexibility index (Phi) is 7.86. The molecule has 0 atom stereocenters. The van der Waals surface area contributed by atoms with E-state index in [0.29, 0.717) is 27.8 Å². The van der Waals surface area contributed by atoms with E-state index in [1.165, 1.54) is 22.9 Å². The van der Waals surface area contributed by atoms with Crippen LogP contribution in [0.4, 0.5) is 30.7 Å². The van der Waals surface area contributed by atoms with Crippen LogP contribution in [0, 0.1) is 19.7 Å². The number of hydrogen-bond donors (Lipinski definition) is 1. The first kappa shape index (κ1) is 25.6. The molecule has 0 radical (unpaired) electrons. The molecule has 2 heterocycles. The van der Waals surface area contributed by atoms with E-state index >= 15 is 0 Å². The molecule has 1 aliphatic heterocycles. The van der Waals surface area contributed by atoms with Crippen LogP contribution in [-0.2, 0) is 4.79 Å². The van der Waals surface area contributed by atoms with Crippen molar-refractivity contribution in [3.63, 3.8) is 0 Å². The molecule has 13 heteroatoms. The van der Waals surface area contributed by atoms with Gasteiger partial charge in [0.2, 0.25) is 6.04 Å². The molecule has 178 valence electrons. The van der Waals surface area contributed by atoms with Crippen molar-refractivity contribution >= 4 is 6.47 Å². The summed E-state index contributed by atoms with van der Waals surface area (Å²) in [6, 6.07) is 0.680. The standard InChI is InChI=1S/C18H19F7N4.CH2O2/c1-10-9-13(19)3-4-14(10)29-11(2)26-15(27-29)12-5-7-28(8-6-12)16(17(20,21)22)18(23,24)25;2-1-3/h3-4,9,12,16H,5-8H2,1-2H3;1H,(H,2,3). The Hall–Kier alpha value is -2.70. The van der Waals surface area contributed by atoms with Crippen LogP contribution in [0.3, 0.4) is 0 Å². The number of piperidine rings is 1. The SMILES string of the molecule is Cc1cc(F)ccc1-n1nc(C2CCN(C(C(F)(F)F)C(F)(F)F)CC2)nc1C.O=CO. The van der Waals surface area contributed by atoms with E-state index in [9.17, 15) is 30.7 Å². The Morgan fingerprint density at radius 1 is 1.09 bits per heavy atom. The first-order valence-electron chi connectivity index (χ1n) is 9.45. The molecule has 1 N–H and O–H groups in total. The molecule has 32 heavy (non-hydrogen) atoms. The van der Waals surface area contributed by atoms with Crippen LogP contribution in [0.25, 0.3) is 5.69 Å². The topological polar surface area (TPSA) is 71.2 Å². The summed E-state index contributed by atoms with van der Waals surface area (Å²) in [6.07, 6.45) is -10.6. The normalized spacial score (nSPS) is 16.1. The van der Waals surface area contributed by atoms with Gasteiger partial charge in [0.1, 0.15) is 11.6 Å². The number of carboxylic acid groups (broad SMARTS) is 1. The van der Waals surface area contributed by atoms with Gasteiger partial charge in [0.25, 0.3) is 6.47 Å². The largest absolute Gasteiger partial charge is 0.483 e. The van der Waals surface area contributed by atoms with Crippen LogP contribution in [0.15, 0.2) is 18.2 Å². The van der Waals surface area contributed by atoms with Crippen LogP contribution < -0.4 is 0 Å². The van der Waals surface area contributed by atoms with Crippen molar-refractivity contribution in [3.8, 4) is 5.69 Å². The summed E-state index contributed by atoms with van der Waals surface area (Å²) in [5.41, 5.74) is 1.23. The average Bonchev–Trinajstić information content (AvgIpc) is 3.02. The van der Waals surface area contributed by atoms with E-state index in [1.54, 1.807) is 13.8 Å². The summed E-state index contributed by atoms with van der Waals surface area (Å²) in [4.78, 5) is 13.1. The molecule has 1 fully saturated rings. The highest BCUT2D eigenvalue weighted by molar-refractivity contribution is 5.40. The number of aromatic nitrogens is 3. The van der Waals surface area contributed by atoms with Gasteiger partial charge in [-0.15, -0.1) is 0 Å². The fraction of sp³-hybridized carbons (Fsp3) is 0.526. The Bertz CT molecular complexity index is 905. The van der Waals surface area contributed by atoms with Crippen LogP contribution in [-0.4, -0.2) is 62.7 Å². The highest BCUT2D eigenvalue weighted by Gasteiger charge is 2.59. The molecule has 0 bridgehead atoms. The van der Waals surface area contributed by atoms with Gasteiger partial charge in [-0.1, -0.05) is 0 Å². The Labute approximate surface area is 178 Å². The van der Waals surface area contributed by atoms with Gasteiger partial charge in [0.05, 0.1) is 5.69 Å². The molecule has 1 aromatic heterocycles. The molecule has 0 aliphatic carbocycles. The lowest BCUT2D eigenvalue weighted by molar-refractivity contribution is -0.289. The predicted octanol–water partition coefficient (Wildman–Crippen LogP) is 4.40. The average molecular weight is 470 g/mol. The van der Waals surface area contributed by atoms with Gasteiger partial charge in [-0.2, -0.15) is 31.4 Å². The van der Waals surface area contributed by atoms with Crippen LogP contribution >= 0.6 is 0 Å². The quantitative estimate of drug-likeness (QED) is 0.532. The zero-order valence-electron chi connectivity index (χ0n) is 17.1. The van der Waals surface area contributed by atoms with Crippen molar-refractivity contribution in [1.82, 2.24) is 19.7 Å². The number of likely N-dealkylation sites (tertiary alicyclic amines) is 1. The maximum absolute atomic E-state index is 13.3. The number of hydrogen-bond acceptors (Lipinski definition) is 4. The van der Waals surface area contributed by atoms with Crippen molar-refractivity contribution in [3.05, 3.63) is 41.2 Å². The van der Waals surface area contributed by atoms with Crippen molar-refractivity contribution in [2.75, 3.05) is 13.1 Å². The van der Waals surface area contributed by atoms with Crippen LogP contribution in [0.1, 0.15) is 36.0 Å². The molecule has 1 saturated heterocycles. The van der Waals surface area contributed by atoms with Crippen LogP contribution in [0.2, 0.25) is 0 Å². The second kappa shape index (κ2) is 9.84. The molecule has 0 saturated carbocycles. The summed E-state index contributed by atoms with van der Waals surface area (Å²) >= 11 is 0. The smallest absolute Gasteiger partial charge is 0.412 e. The van der Waals surface area contributed by atoms with Crippen molar-refractivity contribution < 1.29 is 40.6 Å². The zero-order chi connectivity index (χ0) is 24.3. The number of alkyl halides is 6. The molecule has 6 nitrogen and oxygen atoms in total. The van der Waals surface area contributed by atoms with Crippen molar-refractivity contribution in [2.45, 2.75) is 51.0 Å². The molecule has 0 amide bonds. The second-order valence-corrected chi connectivity index (χ2v) is 7.26. The minimum absolute atomic E-state index is 0.0779. The summed E-state index contributed by atoms with van der Waals surface area (Å²) in [7, 11) is 0. The van der Waals surface area contributed by atoms with Crippen LogP contribution in [0.5, 0.6) is 0 Å².